The fourth-order valence-electron chi connectivity index (χ4n) is 2.71. The van der Waals surface area contributed by atoms with Gasteiger partial charge in [-0.2, -0.15) is 0 Å². The van der Waals surface area contributed by atoms with Crippen molar-refractivity contribution in [3.8, 4) is 0 Å². The van der Waals surface area contributed by atoms with Crippen molar-refractivity contribution >= 4 is 15.9 Å². The molecule has 0 bridgehead atoms. The van der Waals surface area contributed by atoms with Gasteiger partial charge < -0.3 is 10.2 Å². The highest BCUT2D eigenvalue weighted by molar-refractivity contribution is 9.10. The summed E-state index contributed by atoms with van der Waals surface area (Å²) in [7, 11) is 2.21. The Bertz CT molecular complexity index is 381. The van der Waals surface area contributed by atoms with Crippen LogP contribution >= 0.6 is 15.9 Å². The molecule has 1 saturated heterocycles. The summed E-state index contributed by atoms with van der Waals surface area (Å²) in [5.41, 5.74) is 1.37. The average Bonchev–Trinajstić information content (AvgIpc) is 2.32. The van der Waals surface area contributed by atoms with E-state index in [1.807, 2.05) is 0 Å². The highest BCUT2D eigenvalue weighted by Gasteiger charge is 2.21. The highest BCUT2D eigenvalue weighted by atomic mass is 79.9. The van der Waals surface area contributed by atoms with Gasteiger partial charge in [-0.1, -0.05) is 35.0 Å². The van der Waals surface area contributed by atoms with Gasteiger partial charge in [0.25, 0.3) is 0 Å². The van der Waals surface area contributed by atoms with Crippen LogP contribution in [0.1, 0.15) is 25.3 Å². The Hall–Kier alpha value is -0.380. The van der Waals surface area contributed by atoms with Crippen molar-refractivity contribution in [2.24, 2.45) is 5.92 Å². The van der Waals surface area contributed by atoms with E-state index in [2.05, 4.69) is 64.4 Å². The maximum Gasteiger partial charge on any atom is 0.0231 e. The Morgan fingerprint density at radius 1 is 1.44 bits per heavy atom. The predicted molar refractivity (Wildman–Crippen MR) is 80.7 cm³/mol. The number of hydrogen-bond acceptors (Lipinski definition) is 2. The van der Waals surface area contributed by atoms with Crippen molar-refractivity contribution in [1.29, 1.82) is 0 Å². The Labute approximate surface area is 119 Å². The number of benzene rings is 1. The molecule has 18 heavy (non-hydrogen) atoms. The first-order chi connectivity index (χ1) is 8.65. The van der Waals surface area contributed by atoms with Crippen molar-refractivity contribution in [2.75, 3.05) is 20.1 Å². The quantitative estimate of drug-likeness (QED) is 0.918. The first kappa shape index (κ1) is 14.0. The Morgan fingerprint density at radius 2 is 2.28 bits per heavy atom. The van der Waals surface area contributed by atoms with Gasteiger partial charge in [0.15, 0.2) is 0 Å². The third kappa shape index (κ3) is 4.08. The van der Waals surface area contributed by atoms with Gasteiger partial charge in [0.2, 0.25) is 0 Å². The van der Waals surface area contributed by atoms with Gasteiger partial charge in [-0.15, -0.1) is 0 Å². The van der Waals surface area contributed by atoms with Crippen molar-refractivity contribution < 1.29 is 0 Å². The van der Waals surface area contributed by atoms with Crippen LogP contribution in [0.5, 0.6) is 0 Å². The maximum atomic E-state index is 3.65. The van der Waals surface area contributed by atoms with Gasteiger partial charge in [0, 0.05) is 23.6 Å². The van der Waals surface area contributed by atoms with Crippen molar-refractivity contribution in [3.05, 3.63) is 34.3 Å². The molecule has 2 rings (SSSR count). The molecule has 2 unspecified atom stereocenters. The van der Waals surface area contributed by atoms with Gasteiger partial charge in [-0.25, -0.2) is 0 Å². The molecule has 1 aliphatic rings. The zero-order chi connectivity index (χ0) is 13.0. The molecule has 2 atom stereocenters. The molecule has 1 heterocycles. The summed E-state index contributed by atoms with van der Waals surface area (Å²) in [4.78, 5) is 2.42. The van der Waals surface area contributed by atoms with Crippen LogP contribution in [0, 0.1) is 5.92 Å². The molecular formula is C15H23BrN2. The molecule has 0 spiro atoms. The first-order valence-corrected chi connectivity index (χ1v) is 7.61. The Balaban J connectivity index is 1.86. The van der Waals surface area contributed by atoms with Gasteiger partial charge in [0.05, 0.1) is 0 Å². The fraction of sp³-hybridized carbons (Fsp3) is 0.600. The zero-order valence-corrected chi connectivity index (χ0v) is 12.9. The number of nitrogens with zero attached hydrogens (tertiary/aromatic N) is 1. The fourth-order valence-corrected chi connectivity index (χ4v) is 3.15. The van der Waals surface area contributed by atoms with Crippen LogP contribution in [-0.2, 0) is 6.54 Å². The molecule has 1 aromatic rings. The second-order valence-corrected chi connectivity index (χ2v) is 6.42. The minimum absolute atomic E-state index is 0.649. The first-order valence-electron chi connectivity index (χ1n) is 6.81. The van der Waals surface area contributed by atoms with E-state index in [0.29, 0.717) is 6.04 Å². The SMILES string of the molecule is CC1CCCNC1CN(C)Cc1cccc(Br)c1. The number of nitrogens with one attached hydrogen (secondary N) is 1. The molecule has 0 saturated carbocycles. The molecule has 0 aromatic heterocycles. The van der Waals surface area contributed by atoms with E-state index in [9.17, 15) is 0 Å². The van der Waals surface area contributed by atoms with Gasteiger partial charge >= 0.3 is 0 Å². The molecule has 2 nitrogen and oxygen atoms in total. The van der Waals surface area contributed by atoms with E-state index >= 15 is 0 Å². The Kier molecular flexibility index (Phi) is 5.22. The molecule has 1 fully saturated rings. The summed E-state index contributed by atoms with van der Waals surface area (Å²) in [6.07, 6.45) is 2.69. The average molecular weight is 311 g/mol. The van der Waals surface area contributed by atoms with Crippen LogP contribution in [0.25, 0.3) is 0 Å². The topological polar surface area (TPSA) is 15.3 Å². The van der Waals surface area contributed by atoms with Gasteiger partial charge in [-0.05, 0) is 50.0 Å². The smallest absolute Gasteiger partial charge is 0.0231 e. The summed E-state index contributed by atoms with van der Waals surface area (Å²) >= 11 is 3.53. The summed E-state index contributed by atoms with van der Waals surface area (Å²) in [5.74, 6) is 0.795. The monoisotopic (exact) mass is 310 g/mol. The molecule has 0 radical (unpaired) electrons. The summed E-state index contributed by atoms with van der Waals surface area (Å²) in [5, 5.41) is 3.65. The van der Waals surface area contributed by atoms with Crippen molar-refractivity contribution in [1.82, 2.24) is 10.2 Å². The van der Waals surface area contributed by atoms with Crippen LogP contribution in [-0.4, -0.2) is 31.1 Å². The number of likely N-dealkylation sites (N-methyl/N-ethyl adjacent to an activating group) is 1. The second-order valence-electron chi connectivity index (χ2n) is 5.51. The van der Waals surface area contributed by atoms with Crippen molar-refractivity contribution in [3.63, 3.8) is 0 Å². The molecule has 0 aliphatic carbocycles. The van der Waals surface area contributed by atoms with E-state index in [0.717, 1.165) is 23.5 Å². The lowest BCUT2D eigenvalue weighted by molar-refractivity contribution is 0.212. The minimum atomic E-state index is 0.649. The Morgan fingerprint density at radius 3 is 3.00 bits per heavy atom. The lowest BCUT2D eigenvalue weighted by Crippen LogP contribution is -2.46. The molecule has 1 aliphatic heterocycles. The number of piperidine rings is 1. The largest absolute Gasteiger partial charge is 0.312 e. The molecule has 100 valence electrons. The minimum Gasteiger partial charge on any atom is -0.312 e. The predicted octanol–water partition coefficient (Wildman–Crippen LogP) is 3.27. The van der Waals surface area contributed by atoms with Gasteiger partial charge in [-0.3, -0.25) is 0 Å². The summed E-state index contributed by atoms with van der Waals surface area (Å²) in [6, 6.07) is 9.23. The zero-order valence-electron chi connectivity index (χ0n) is 11.3. The van der Waals surface area contributed by atoms with Crippen LogP contribution in [0.4, 0.5) is 0 Å². The lowest BCUT2D eigenvalue weighted by Gasteiger charge is -2.33. The van der Waals surface area contributed by atoms with E-state index in [1.54, 1.807) is 0 Å². The van der Waals surface area contributed by atoms with Crippen molar-refractivity contribution in [2.45, 2.75) is 32.4 Å². The normalized spacial score (nSPS) is 24.4. The molecule has 3 heteroatoms. The molecule has 1 aromatic carbocycles. The van der Waals surface area contributed by atoms with E-state index in [4.69, 9.17) is 0 Å². The summed E-state index contributed by atoms with van der Waals surface area (Å²) < 4.78 is 1.16. The second kappa shape index (κ2) is 6.69. The van der Waals surface area contributed by atoms with Gasteiger partial charge in [0.1, 0.15) is 0 Å². The highest BCUT2D eigenvalue weighted by Crippen LogP contribution is 2.17. The summed E-state index contributed by atoms with van der Waals surface area (Å²) in [6.45, 7) is 5.70. The van der Waals surface area contributed by atoms with E-state index < -0.39 is 0 Å². The van der Waals surface area contributed by atoms with Crippen LogP contribution in [0.3, 0.4) is 0 Å². The molecule has 0 amide bonds. The number of hydrogen-bond donors (Lipinski definition) is 1. The van der Waals surface area contributed by atoms with Crippen LogP contribution < -0.4 is 5.32 Å². The number of halogens is 1. The third-order valence-corrected chi connectivity index (χ3v) is 4.27. The van der Waals surface area contributed by atoms with E-state index in [1.165, 1.54) is 24.9 Å². The van der Waals surface area contributed by atoms with Crippen LogP contribution in [0.2, 0.25) is 0 Å². The molecular weight excluding hydrogens is 288 g/mol. The van der Waals surface area contributed by atoms with E-state index in [-0.39, 0.29) is 0 Å². The standard InChI is InChI=1S/C15H23BrN2/c1-12-5-4-8-17-15(12)11-18(2)10-13-6-3-7-14(16)9-13/h3,6-7,9,12,15,17H,4-5,8,10-11H2,1-2H3. The lowest BCUT2D eigenvalue weighted by atomic mass is 9.92. The van der Waals surface area contributed by atoms with Crippen LogP contribution in [0.15, 0.2) is 28.7 Å². The molecule has 1 N–H and O–H groups in total. The third-order valence-electron chi connectivity index (χ3n) is 3.78. The maximum absolute atomic E-state index is 3.65. The number of rotatable bonds is 4.